The number of carbonyl (C=O) groups excluding carboxylic acids is 2. The first-order valence-corrected chi connectivity index (χ1v) is 11.4. The van der Waals surface area contributed by atoms with Crippen molar-refractivity contribution < 1.29 is 9.59 Å². The quantitative estimate of drug-likeness (QED) is 0.212. The lowest BCUT2D eigenvalue weighted by Gasteiger charge is -2.07. The van der Waals surface area contributed by atoms with Crippen molar-refractivity contribution in [1.29, 1.82) is 0 Å². The Morgan fingerprint density at radius 1 is 0.861 bits per heavy atom. The van der Waals surface area contributed by atoms with Crippen LogP contribution in [0.5, 0.6) is 0 Å². The third-order valence-corrected chi connectivity index (χ3v) is 5.67. The fraction of sp³-hybridized carbons (Fsp3) is 0.0345. The van der Waals surface area contributed by atoms with Crippen LogP contribution >= 0.6 is 0 Å². The molecule has 2 N–H and O–H groups in total. The van der Waals surface area contributed by atoms with Crippen LogP contribution in [0.2, 0.25) is 0 Å². The van der Waals surface area contributed by atoms with Crippen molar-refractivity contribution in [1.82, 2.24) is 15.2 Å². The summed E-state index contributed by atoms with van der Waals surface area (Å²) in [6.07, 6.45) is 3.33. The molecule has 0 fully saturated rings. The maximum atomic E-state index is 12.5. The molecule has 0 saturated heterocycles. The zero-order valence-electron chi connectivity index (χ0n) is 19.6. The van der Waals surface area contributed by atoms with Gasteiger partial charge >= 0.3 is 11.8 Å². The van der Waals surface area contributed by atoms with Crippen molar-refractivity contribution in [2.45, 2.75) is 6.92 Å². The molecule has 7 nitrogen and oxygen atoms in total. The first-order chi connectivity index (χ1) is 17.6. The number of carbonyl (C=O) groups is 2. The summed E-state index contributed by atoms with van der Waals surface area (Å²) in [5.41, 5.74) is 7.20. The van der Waals surface area contributed by atoms with Crippen molar-refractivity contribution in [3.8, 4) is 16.9 Å². The highest BCUT2D eigenvalue weighted by atomic mass is 16.2. The zero-order valence-corrected chi connectivity index (χ0v) is 19.6. The lowest BCUT2D eigenvalue weighted by molar-refractivity contribution is -0.136. The van der Waals surface area contributed by atoms with E-state index in [-0.39, 0.29) is 0 Å². The second-order valence-corrected chi connectivity index (χ2v) is 8.26. The normalized spacial score (nSPS) is 11.0. The van der Waals surface area contributed by atoms with Crippen LogP contribution in [0.25, 0.3) is 27.7 Å². The van der Waals surface area contributed by atoms with Crippen LogP contribution in [-0.2, 0) is 9.59 Å². The molecular formula is C29H23N5O2. The standard InChI is InChI=1S/C29H23N5O2/c1-20-9-7-12-22(17-20)27-23(19-34(33-27)24-13-3-2-4-14-24)18-30-32-29(36)28(35)31-26-16-8-11-21-10-5-6-15-25(21)26/h2-19H,1H3,(H,31,35)(H,32,36)/b30-18+. The number of rotatable bonds is 5. The predicted octanol–water partition coefficient (Wildman–Crippen LogP) is 5.09. The number of para-hydroxylation sites is 1. The molecule has 0 saturated carbocycles. The maximum Gasteiger partial charge on any atom is 0.329 e. The van der Waals surface area contributed by atoms with E-state index in [4.69, 9.17) is 5.10 Å². The van der Waals surface area contributed by atoms with Gasteiger partial charge in [0.15, 0.2) is 0 Å². The van der Waals surface area contributed by atoms with Crippen LogP contribution in [0.1, 0.15) is 11.1 Å². The predicted molar refractivity (Wildman–Crippen MR) is 142 cm³/mol. The van der Waals surface area contributed by atoms with Crippen molar-refractivity contribution in [3.05, 3.63) is 114 Å². The summed E-state index contributed by atoms with van der Waals surface area (Å²) in [5, 5.41) is 13.3. The Bertz CT molecular complexity index is 1580. The van der Waals surface area contributed by atoms with Crippen molar-refractivity contribution in [2.75, 3.05) is 5.32 Å². The molecule has 5 aromatic rings. The SMILES string of the molecule is Cc1cccc(-c2nn(-c3ccccc3)cc2/C=N/NC(=O)C(=O)Nc2cccc3ccccc23)c1. The highest BCUT2D eigenvalue weighted by Gasteiger charge is 2.15. The molecule has 176 valence electrons. The van der Waals surface area contributed by atoms with E-state index < -0.39 is 11.8 Å². The summed E-state index contributed by atoms with van der Waals surface area (Å²) in [5.74, 6) is -1.67. The summed E-state index contributed by atoms with van der Waals surface area (Å²) in [6, 6.07) is 30.8. The van der Waals surface area contributed by atoms with Gasteiger partial charge in [-0.2, -0.15) is 10.2 Å². The van der Waals surface area contributed by atoms with E-state index >= 15 is 0 Å². The van der Waals surface area contributed by atoms with Gasteiger partial charge in [-0.25, -0.2) is 10.1 Å². The summed E-state index contributed by atoms with van der Waals surface area (Å²) >= 11 is 0. The van der Waals surface area contributed by atoms with Crippen molar-refractivity contribution in [2.24, 2.45) is 5.10 Å². The number of hydrogen-bond acceptors (Lipinski definition) is 4. The smallest absolute Gasteiger partial charge is 0.317 e. The molecule has 0 atom stereocenters. The Labute approximate surface area is 208 Å². The highest BCUT2D eigenvalue weighted by Crippen LogP contribution is 2.24. The topological polar surface area (TPSA) is 88.4 Å². The molecule has 0 aliphatic heterocycles. The van der Waals surface area contributed by atoms with E-state index in [2.05, 4.69) is 15.8 Å². The zero-order chi connectivity index (χ0) is 24.9. The molecule has 0 radical (unpaired) electrons. The maximum absolute atomic E-state index is 12.5. The third kappa shape index (κ3) is 4.90. The fourth-order valence-corrected chi connectivity index (χ4v) is 3.94. The average molecular weight is 474 g/mol. The Hall–Kier alpha value is -5.04. The molecule has 0 unspecified atom stereocenters. The highest BCUT2D eigenvalue weighted by molar-refractivity contribution is 6.40. The van der Waals surface area contributed by atoms with Gasteiger partial charge in [0.05, 0.1) is 11.9 Å². The molecule has 0 aliphatic carbocycles. The minimum Gasteiger partial charge on any atom is -0.317 e. The van der Waals surface area contributed by atoms with E-state index in [0.717, 1.165) is 27.6 Å². The van der Waals surface area contributed by atoms with Crippen LogP contribution in [0.3, 0.4) is 0 Å². The van der Waals surface area contributed by atoms with E-state index in [1.807, 2.05) is 104 Å². The molecule has 0 bridgehead atoms. The van der Waals surface area contributed by atoms with Crippen LogP contribution in [0.15, 0.2) is 108 Å². The molecular weight excluding hydrogens is 450 g/mol. The second-order valence-electron chi connectivity index (χ2n) is 8.26. The molecule has 1 heterocycles. The number of anilines is 1. The van der Waals surface area contributed by atoms with E-state index in [1.165, 1.54) is 6.21 Å². The average Bonchev–Trinajstić information content (AvgIpc) is 3.33. The van der Waals surface area contributed by atoms with Gasteiger partial charge in [0.25, 0.3) is 0 Å². The number of amides is 2. The summed E-state index contributed by atoms with van der Waals surface area (Å²) < 4.78 is 1.76. The molecule has 1 aromatic heterocycles. The van der Waals surface area contributed by atoms with Gasteiger partial charge in [-0.1, -0.05) is 78.4 Å². The van der Waals surface area contributed by atoms with Gasteiger partial charge in [0.1, 0.15) is 5.69 Å². The molecule has 0 aliphatic rings. The van der Waals surface area contributed by atoms with Crippen LogP contribution < -0.4 is 10.7 Å². The molecule has 5 rings (SSSR count). The van der Waals surface area contributed by atoms with Crippen LogP contribution in [-0.4, -0.2) is 27.8 Å². The Balaban J connectivity index is 1.36. The Morgan fingerprint density at radius 2 is 1.61 bits per heavy atom. The van der Waals surface area contributed by atoms with Crippen LogP contribution in [0, 0.1) is 6.92 Å². The van der Waals surface area contributed by atoms with E-state index in [9.17, 15) is 9.59 Å². The Morgan fingerprint density at radius 3 is 2.44 bits per heavy atom. The van der Waals surface area contributed by atoms with Crippen molar-refractivity contribution in [3.63, 3.8) is 0 Å². The lowest BCUT2D eigenvalue weighted by atomic mass is 10.1. The van der Waals surface area contributed by atoms with E-state index in [0.29, 0.717) is 16.9 Å². The molecule has 7 heteroatoms. The van der Waals surface area contributed by atoms with Gasteiger partial charge in [-0.05, 0) is 36.6 Å². The van der Waals surface area contributed by atoms with Gasteiger partial charge in [0, 0.05) is 28.4 Å². The van der Waals surface area contributed by atoms with E-state index in [1.54, 1.807) is 10.7 Å². The van der Waals surface area contributed by atoms with Crippen LogP contribution in [0.4, 0.5) is 5.69 Å². The number of nitrogens with zero attached hydrogens (tertiary/aromatic N) is 3. The molecule has 36 heavy (non-hydrogen) atoms. The van der Waals surface area contributed by atoms with Crippen molar-refractivity contribution >= 4 is 34.5 Å². The number of benzene rings is 4. The molecule has 4 aromatic carbocycles. The monoisotopic (exact) mass is 473 g/mol. The molecule has 0 spiro atoms. The van der Waals surface area contributed by atoms with Gasteiger partial charge in [0.2, 0.25) is 0 Å². The minimum atomic E-state index is -0.869. The first kappa shape index (κ1) is 22.7. The summed E-state index contributed by atoms with van der Waals surface area (Å²) in [7, 11) is 0. The number of aromatic nitrogens is 2. The van der Waals surface area contributed by atoms with Gasteiger partial charge in [-0.3, -0.25) is 9.59 Å². The number of hydrogen-bond donors (Lipinski definition) is 2. The van der Waals surface area contributed by atoms with Gasteiger partial charge in [-0.15, -0.1) is 0 Å². The number of fused-ring (bicyclic) bond motifs is 1. The second kappa shape index (κ2) is 10.1. The number of nitrogens with one attached hydrogen (secondary N) is 2. The number of hydrazone groups is 1. The summed E-state index contributed by atoms with van der Waals surface area (Å²) in [4.78, 5) is 24.9. The largest absolute Gasteiger partial charge is 0.329 e. The third-order valence-electron chi connectivity index (χ3n) is 5.67. The fourth-order valence-electron chi connectivity index (χ4n) is 3.94. The summed E-state index contributed by atoms with van der Waals surface area (Å²) in [6.45, 7) is 2.01. The minimum absolute atomic E-state index is 0.558. The first-order valence-electron chi connectivity index (χ1n) is 11.4. The van der Waals surface area contributed by atoms with Gasteiger partial charge < -0.3 is 5.32 Å². The molecule has 2 amide bonds. The lowest BCUT2D eigenvalue weighted by Crippen LogP contribution is -2.32. The number of aryl methyl sites for hydroxylation is 1. The Kier molecular flexibility index (Phi) is 6.36.